The molecule has 1 unspecified atom stereocenters. The molecule has 33 heavy (non-hydrogen) atoms. The molecule has 174 valence electrons. The molecule has 1 heterocycles. The summed E-state index contributed by atoms with van der Waals surface area (Å²) in [5, 5.41) is 5.41. The van der Waals surface area contributed by atoms with E-state index in [9.17, 15) is 27.6 Å². The van der Waals surface area contributed by atoms with Gasteiger partial charge in [-0.05, 0) is 54.2 Å². The number of benzene rings is 2. The van der Waals surface area contributed by atoms with Gasteiger partial charge in [-0.2, -0.15) is 13.2 Å². The third-order valence-corrected chi connectivity index (χ3v) is 5.51. The van der Waals surface area contributed by atoms with E-state index in [1.54, 1.807) is 24.3 Å². The van der Waals surface area contributed by atoms with Gasteiger partial charge < -0.3 is 15.5 Å². The molecule has 0 bridgehead atoms. The number of nitrogens with one attached hydrogen (secondary N) is 2. The van der Waals surface area contributed by atoms with E-state index in [1.807, 2.05) is 0 Å². The summed E-state index contributed by atoms with van der Waals surface area (Å²) < 4.78 is 39.1. The molecule has 2 aromatic carbocycles. The molecule has 0 aliphatic carbocycles. The summed E-state index contributed by atoms with van der Waals surface area (Å²) in [5.74, 6) is -1.11. The van der Waals surface area contributed by atoms with Crippen LogP contribution < -0.4 is 10.6 Å². The molecule has 1 aliphatic heterocycles. The Kier molecular flexibility index (Phi) is 7.01. The molecule has 7 nitrogen and oxygen atoms in total. The standard InChI is InChI=1S/C22H21F3N4O3S/c1-13(30)26-16-6-8-17(9-7-16)27-19(31)11-18-20(32)28(2)21(33)29(18)12-14-4-3-5-15(10-14)22(23,24)25/h3-10,18H,11-12H2,1-2H3,(H,26,30)(H,27,31). The van der Waals surface area contributed by atoms with Gasteiger partial charge in [-0.3, -0.25) is 19.3 Å². The second kappa shape index (κ2) is 9.57. The lowest BCUT2D eigenvalue weighted by Gasteiger charge is -2.24. The summed E-state index contributed by atoms with van der Waals surface area (Å²) in [6.45, 7) is 1.32. The molecule has 3 rings (SSSR count). The molecule has 11 heteroatoms. The second-order valence-corrected chi connectivity index (χ2v) is 7.90. The molecule has 2 aromatic rings. The lowest BCUT2D eigenvalue weighted by atomic mass is 10.1. The predicted octanol–water partition coefficient (Wildman–Crippen LogP) is 3.62. The van der Waals surface area contributed by atoms with Crippen LogP contribution in [0.25, 0.3) is 0 Å². The molecule has 1 atom stereocenters. The van der Waals surface area contributed by atoms with Crippen LogP contribution in [0.15, 0.2) is 48.5 Å². The van der Waals surface area contributed by atoms with Gasteiger partial charge in [-0.25, -0.2) is 0 Å². The number of likely N-dealkylation sites (N-methyl/N-ethyl adjacent to an activating group) is 1. The van der Waals surface area contributed by atoms with E-state index in [4.69, 9.17) is 12.2 Å². The van der Waals surface area contributed by atoms with Gasteiger partial charge in [0.1, 0.15) is 6.04 Å². The first kappa shape index (κ1) is 24.2. The van der Waals surface area contributed by atoms with E-state index in [1.165, 1.54) is 35.9 Å². The van der Waals surface area contributed by atoms with Crippen molar-refractivity contribution < 1.29 is 27.6 Å². The van der Waals surface area contributed by atoms with E-state index in [2.05, 4.69) is 10.6 Å². The molecule has 1 saturated heterocycles. The van der Waals surface area contributed by atoms with Crippen LogP contribution in [0, 0.1) is 0 Å². The van der Waals surface area contributed by atoms with Crippen LogP contribution in [0.1, 0.15) is 24.5 Å². The van der Waals surface area contributed by atoms with E-state index < -0.39 is 29.6 Å². The van der Waals surface area contributed by atoms with Gasteiger partial charge in [0.25, 0.3) is 5.91 Å². The van der Waals surface area contributed by atoms with Crippen molar-refractivity contribution in [3.63, 3.8) is 0 Å². The Bertz CT molecular complexity index is 1090. The summed E-state index contributed by atoms with van der Waals surface area (Å²) >= 11 is 5.30. The average Bonchev–Trinajstić information content (AvgIpc) is 2.93. The third kappa shape index (κ3) is 5.86. The number of amides is 3. The molecule has 2 N–H and O–H groups in total. The Hall–Kier alpha value is -3.47. The van der Waals surface area contributed by atoms with Crippen molar-refractivity contribution in [2.24, 2.45) is 0 Å². The highest BCUT2D eigenvalue weighted by atomic mass is 32.1. The number of rotatable bonds is 6. The minimum Gasteiger partial charge on any atom is -0.332 e. The smallest absolute Gasteiger partial charge is 0.332 e. The maximum Gasteiger partial charge on any atom is 0.416 e. The van der Waals surface area contributed by atoms with Crippen LogP contribution in [0.5, 0.6) is 0 Å². The van der Waals surface area contributed by atoms with Gasteiger partial charge in [0, 0.05) is 31.9 Å². The zero-order valence-electron chi connectivity index (χ0n) is 17.8. The minimum absolute atomic E-state index is 0.0534. The number of alkyl halides is 3. The molecule has 1 fully saturated rings. The first-order valence-corrected chi connectivity index (χ1v) is 10.3. The molecular formula is C22H21F3N4O3S. The highest BCUT2D eigenvalue weighted by Gasteiger charge is 2.41. The lowest BCUT2D eigenvalue weighted by molar-refractivity contribution is -0.137. The Morgan fingerprint density at radius 2 is 1.67 bits per heavy atom. The van der Waals surface area contributed by atoms with Crippen molar-refractivity contribution in [1.29, 1.82) is 0 Å². The van der Waals surface area contributed by atoms with Crippen molar-refractivity contribution in [2.75, 3.05) is 17.7 Å². The normalized spacial score (nSPS) is 16.2. The Morgan fingerprint density at radius 1 is 1.06 bits per heavy atom. The Morgan fingerprint density at radius 3 is 2.24 bits per heavy atom. The highest BCUT2D eigenvalue weighted by Crippen LogP contribution is 2.30. The quantitative estimate of drug-likeness (QED) is 0.620. The molecular weight excluding hydrogens is 457 g/mol. The number of hydrogen-bond acceptors (Lipinski definition) is 4. The zero-order valence-corrected chi connectivity index (χ0v) is 18.6. The highest BCUT2D eigenvalue weighted by molar-refractivity contribution is 7.80. The lowest BCUT2D eigenvalue weighted by Crippen LogP contribution is -2.37. The van der Waals surface area contributed by atoms with E-state index in [0.717, 1.165) is 12.1 Å². The number of hydrogen-bond donors (Lipinski definition) is 2. The fraction of sp³-hybridized carbons (Fsp3) is 0.273. The van der Waals surface area contributed by atoms with Crippen molar-refractivity contribution in [3.05, 3.63) is 59.7 Å². The van der Waals surface area contributed by atoms with Crippen molar-refractivity contribution >= 4 is 46.4 Å². The SMILES string of the molecule is CC(=O)Nc1ccc(NC(=O)CC2C(=O)N(C)C(=S)N2Cc2cccc(C(F)(F)F)c2)cc1. The van der Waals surface area contributed by atoms with Crippen LogP contribution in [-0.2, 0) is 27.1 Å². The minimum atomic E-state index is -4.50. The summed E-state index contributed by atoms with van der Waals surface area (Å²) in [4.78, 5) is 39.0. The summed E-state index contributed by atoms with van der Waals surface area (Å²) in [7, 11) is 1.46. The average molecular weight is 478 g/mol. The molecule has 0 spiro atoms. The van der Waals surface area contributed by atoms with Gasteiger partial charge >= 0.3 is 6.18 Å². The summed E-state index contributed by atoms with van der Waals surface area (Å²) in [6.07, 6.45) is -4.74. The molecule has 0 aromatic heterocycles. The summed E-state index contributed by atoms with van der Waals surface area (Å²) in [5.41, 5.74) is 0.529. The zero-order chi connectivity index (χ0) is 24.3. The molecule has 3 amide bonds. The summed E-state index contributed by atoms with van der Waals surface area (Å²) in [6, 6.07) is 10.2. The number of carbonyl (C=O) groups excluding carboxylic acids is 3. The first-order chi connectivity index (χ1) is 15.5. The van der Waals surface area contributed by atoms with Crippen LogP contribution >= 0.6 is 12.2 Å². The van der Waals surface area contributed by atoms with Gasteiger partial charge in [-0.1, -0.05) is 12.1 Å². The van der Waals surface area contributed by atoms with E-state index >= 15 is 0 Å². The number of thiocarbonyl (C=S) groups is 1. The monoisotopic (exact) mass is 478 g/mol. The van der Waals surface area contributed by atoms with E-state index in [0.29, 0.717) is 16.9 Å². The Balaban J connectivity index is 1.72. The topological polar surface area (TPSA) is 81.8 Å². The fourth-order valence-corrected chi connectivity index (χ4v) is 3.70. The van der Waals surface area contributed by atoms with Crippen molar-refractivity contribution in [3.8, 4) is 0 Å². The number of halogens is 3. The van der Waals surface area contributed by atoms with E-state index in [-0.39, 0.29) is 24.0 Å². The molecule has 0 radical (unpaired) electrons. The Labute approximate surface area is 193 Å². The van der Waals surface area contributed by atoms with Crippen LogP contribution in [0.4, 0.5) is 24.5 Å². The number of carbonyl (C=O) groups is 3. The molecule has 1 aliphatic rings. The predicted molar refractivity (Wildman–Crippen MR) is 120 cm³/mol. The fourth-order valence-electron chi connectivity index (χ4n) is 3.42. The van der Waals surface area contributed by atoms with Gasteiger partial charge in [0.15, 0.2) is 5.11 Å². The van der Waals surface area contributed by atoms with Crippen molar-refractivity contribution in [2.45, 2.75) is 32.1 Å². The van der Waals surface area contributed by atoms with Crippen LogP contribution in [0.3, 0.4) is 0 Å². The maximum absolute atomic E-state index is 13.0. The second-order valence-electron chi connectivity index (χ2n) is 7.53. The van der Waals surface area contributed by atoms with Crippen LogP contribution in [-0.4, -0.2) is 45.7 Å². The number of anilines is 2. The van der Waals surface area contributed by atoms with Gasteiger partial charge in [0.05, 0.1) is 12.0 Å². The maximum atomic E-state index is 13.0. The first-order valence-electron chi connectivity index (χ1n) is 9.87. The number of nitrogens with zero attached hydrogens (tertiary/aromatic N) is 2. The largest absolute Gasteiger partial charge is 0.416 e. The van der Waals surface area contributed by atoms with Gasteiger partial charge in [0.2, 0.25) is 11.8 Å². The molecule has 0 saturated carbocycles. The van der Waals surface area contributed by atoms with Gasteiger partial charge in [-0.15, -0.1) is 0 Å². The van der Waals surface area contributed by atoms with Crippen LogP contribution in [0.2, 0.25) is 0 Å². The third-order valence-electron chi connectivity index (χ3n) is 5.00. The van der Waals surface area contributed by atoms with Crippen molar-refractivity contribution in [1.82, 2.24) is 9.80 Å².